The van der Waals surface area contributed by atoms with Crippen molar-refractivity contribution < 1.29 is 44.3 Å². The van der Waals surface area contributed by atoms with E-state index in [1.807, 2.05) is 0 Å². The number of rotatable bonds is 8. The SMILES string of the molecule is FC(F)(F)c1cc(CNCc2cc(C(F)(F)F)ccc2COCC2CCCCC2)cc(C(F)(F)F)c1. The number of benzene rings is 2. The number of ether oxygens (including phenoxy) is 1. The van der Waals surface area contributed by atoms with E-state index in [2.05, 4.69) is 5.32 Å². The molecule has 200 valence electrons. The lowest BCUT2D eigenvalue weighted by atomic mass is 9.90. The lowest BCUT2D eigenvalue weighted by molar-refractivity contribution is -0.143. The predicted molar refractivity (Wildman–Crippen MR) is 115 cm³/mol. The molecule has 3 rings (SSSR count). The van der Waals surface area contributed by atoms with Crippen molar-refractivity contribution in [3.05, 3.63) is 69.8 Å². The molecule has 0 bridgehead atoms. The fraction of sp³-hybridized carbons (Fsp3) is 0.520. The van der Waals surface area contributed by atoms with Crippen molar-refractivity contribution in [1.82, 2.24) is 5.32 Å². The largest absolute Gasteiger partial charge is 0.416 e. The molecule has 2 aromatic carbocycles. The molecule has 2 aromatic rings. The molecular weight excluding hydrogens is 501 g/mol. The summed E-state index contributed by atoms with van der Waals surface area (Å²) in [7, 11) is 0. The topological polar surface area (TPSA) is 21.3 Å². The Bertz CT molecular complexity index is 974. The van der Waals surface area contributed by atoms with E-state index in [-0.39, 0.29) is 30.3 Å². The zero-order chi connectivity index (χ0) is 26.6. The van der Waals surface area contributed by atoms with Gasteiger partial charge in [-0.2, -0.15) is 39.5 Å². The highest BCUT2D eigenvalue weighted by molar-refractivity contribution is 5.35. The number of hydrogen-bond donors (Lipinski definition) is 1. The summed E-state index contributed by atoms with van der Waals surface area (Å²) >= 11 is 0. The quantitative estimate of drug-likeness (QED) is 0.350. The molecule has 0 heterocycles. The molecule has 1 aliphatic carbocycles. The van der Waals surface area contributed by atoms with Gasteiger partial charge >= 0.3 is 18.5 Å². The van der Waals surface area contributed by atoms with Gasteiger partial charge in [0.25, 0.3) is 0 Å². The van der Waals surface area contributed by atoms with E-state index >= 15 is 0 Å². The summed E-state index contributed by atoms with van der Waals surface area (Å²) in [5, 5.41) is 2.68. The van der Waals surface area contributed by atoms with Crippen molar-refractivity contribution in [3.63, 3.8) is 0 Å². The van der Waals surface area contributed by atoms with Gasteiger partial charge in [-0.15, -0.1) is 0 Å². The van der Waals surface area contributed by atoms with Gasteiger partial charge in [0.2, 0.25) is 0 Å². The van der Waals surface area contributed by atoms with Crippen molar-refractivity contribution in [3.8, 4) is 0 Å². The fourth-order valence-electron chi connectivity index (χ4n) is 4.26. The lowest BCUT2D eigenvalue weighted by Crippen LogP contribution is -2.18. The minimum Gasteiger partial charge on any atom is -0.376 e. The van der Waals surface area contributed by atoms with Crippen molar-refractivity contribution >= 4 is 0 Å². The van der Waals surface area contributed by atoms with Crippen LogP contribution in [-0.2, 0) is 43.0 Å². The first-order valence-corrected chi connectivity index (χ1v) is 11.5. The van der Waals surface area contributed by atoms with Gasteiger partial charge < -0.3 is 10.1 Å². The van der Waals surface area contributed by atoms with Gasteiger partial charge in [0.05, 0.1) is 23.3 Å². The Morgan fingerprint density at radius 2 is 1.25 bits per heavy atom. The summed E-state index contributed by atoms with van der Waals surface area (Å²) in [5.41, 5.74) is -3.44. The van der Waals surface area contributed by atoms with Crippen molar-refractivity contribution in [1.29, 1.82) is 0 Å². The van der Waals surface area contributed by atoms with Crippen LogP contribution in [0.1, 0.15) is 65.5 Å². The van der Waals surface area contributed by atoms with Crippen LogP contribution in [0.15, 0.2) is 36.4 Å². The molecule has 0 aliphatic heterocycles. The first-order chi connectivity index (χ1) is 16.7. The summed E-state index contributed by atoms with van der Waals surface area (Å²) in [6.45, 7) is -0.0962. The van der Waals surface area contributed by atoms with Gasteiger partial charge in [-0.3, -0.25) is 0 Å². The molecule has 0 aromatic heterocycles. The molecule has 36 heavy (non-hydrogen) atoms. The number of halogens is 9. The third-order valence-corrected chi connectivity index (χ3v) is 6.16. The normalized spacial score (nSPS) is 15.9. The average molecular weight is 527 g/mol. The van der Waals surface area contributed by atoms with Crippen LogP contribution in [0.5, 0.6) is 0 Å². The van der Waals surface area contributed by atoms with Crippen LogP contribution in [0.2, 0.25) is 0 Å². The summed E-state index contributed by atoms with van der Waals surface area (Å²) < 4.78 is 124. The van der Waals surface area contributed by atoms with Crippen LogP contribution >= 0.6 is 0 Å². The Labute approximate surface area is 202 Å². The number of alkyl halides is 9. The van der Waals surface area contributed by atoms with Crippen LogP contribution in [-0.4, -0.2) is 6.61 Å². The Hall–Kier alpha value is -2.27. The van der Waals surface area contributed by atoms with E-state index in [1.54, 1.807) is 0 Å². The zero-order valence-corrected chi connectivity index (χ0v) is 19.2. The lowest BCUT2D eigenvalue weighted by Gasteiger charge is -2.22. The molecule has 11 heteroatoms. The molecule has 1 fully saturated rings. The van der Waals surface area contributed by atoms with Crippen molar-refractivity contribution in [2.24, 2.45) is 5.92 Å². The van der Waals surface area contributed by atoms with Crippen molar-refractivity contribution in [2.75, 3.05) is 6.61 Å². The van der Waals surface area contributed by atoms with E-state index in [1.165, 1.54) is 12.5 Å². The second-order valence-corrected chi connectivity index (χ2v) is 9.02. The molecule has 0 atom stereocenters. The summed E-state index contributed by atoms with van der Waals surface area (Å²) in [6.07, 6.45) is -9.15. The molecule has 1 N–H and O–H groups in total. The van der Waals surface area contributed by atoms with Gasteiger partial charge in [-0.25, -0.2) is 0 Å². The Kier molecular flexibility index (Phi) is 8.97. The first kappa shape index (κ1) is 28.3. The third kappa shape index (κ3) is 8.12. The predicted octanol–water partition coefficient (Wildman–Crippen LogP) is 8.13. The van der Waals surface area contributed by atoms with Crippen molar-refractivity contribution in [2.45, 2.75) is 70.3 Å². The maximum absolute atomic E-state index is 13.2. The molecule has 1 saturated carbocycles. The fourth-order valence-corrected chi connectivity index (χ4v) is 4.26. The second-order valence-electron chi connectivity index (χ2n) is 9.02. The second kappa shape index (κ2) is 11.4. The summed E-state index contributed by atoms with van der Waals surface area (Å²) in [4.78, 5) is 0. The molecule has 0 saturated heterocycles. The molecule has 0 unspecified atom stereocenters. The van der Waals surface area contributed by atoms with Crippen LogP contribution in [0.4, 0.5) is 39.5 Å². The number of nitrogens with one attached hydrogen (secondary N) is 1. The molecule has 1 aliphatic rings. The highest BCUT2D eigenvalue weighted by Gasteiger charge is 2.37. The van der Waals surface area contributed by atoms with Gasteiger partial charge in [0.1, 0.15) is 0 Å². The standard InChI is InChI=1S/C25H26F9NO/c26-23(27,28)20-7-6-18(15-36-14-16-4-2-1-3-5-16)19(10-20)13-35-12-17-8-21(24(29,30)31)11-22(9-17)25(32,33)34/h6-11,16,35H,1-5,12-15H2. The van der Waals surface area contributed by atoms with E-state index < -0.39 is 41.8 Å². The Balaban J connectivity index is 1.73. The molecular formula is C25H26F9NO. The van der Waals surface area contributed by atoms with Crippen LogP contribution < -0.4 is 5.32 Å². The highest BCUT2D eigenvalue weighted by Crippen LogP contribution is 2.36. The monoisotopic (exact) mass is 527 g/mol. The van der Waals surface area contributed by atoms with Gasteiger partial charge in [-0.05, 0) is 65.8 Å². The maximum Gasteiger partial charge on any atom is 0.416 e. The molecule has 0 radical (unpaired) electrons. The van der Waals surface area contributed by atoms with Crippen LogP contribution in [0.25, 0.3) is 0 Å². The zero-order valence-electron chi connectivity index (χ0n) is 19.2. The summed E-state index contributed by atoms with van der Waals surface area (Å²) in [5.74, 6) is 0.388. The maximum atomic E-state index is 13.2. The van der Waals surface area contributed by atoms with Gasteiger partial charge in [0, 0.05) is 19.7 Å². The van der Waals surface area contributed by atoms with E-state index in [0.29, 0.717) is 30.2 Å². The van der Waals surface area contributed by atoms with E-state index in [0.717, 1.165) is 37.8 Å². The minimum atomic E-state index is -4.99. The highest BCUT2D eigenvalue weighted by atomic mass is 19.4. The molecule has 0 amide bonds. The summed E-state index contributed by atoms with van der Waals surface area (Å²) in [6, 6.07) is 4.32. The molecule has 2 nitrogen and oxygen atoms in total. The Morgan fingerprint density at radius 3 is 1.81 bits per heavy atom. The van der Waals surface area contributed by atoms with Gasteiger partial charge in [0.15, 0.2) is 0 Å². The van der Waals surface area contributed by atoms with E-state index in [4.69, 9.17) is 4.74 Å². The minimum absolute atomic E-state index is 0.0259. The average Bonchev–Trinajstić information content (AvgIpc) is 2.78. The first-order valence-electron chi connectivity index (χ1n) is 11.5. The van der Waals surface area contributed by atoms with E-state index in [9.17, 15) is 39.5 Å². The third-order valence-electron chi connectivity index (χ3n) is 6.16. The molecule has 0 spiro atoms. The number of hydrogen-bond acceptors (Lipinski definition) is 2. The Morgan fingerprint density at radius 1 is 0.667 bits per heavy atom. The van der Waals surface area contributed by atoms with Crippen LogP contribution in [0, 0.1) is 5.92 Å². The van der Waals surface area contributed by atoms with Crippen LogP contribution in [0.3, 0.4) is 0 Å². The van der Waals surface area contributed by atoms with Gasteiger partial charge in [-0.1, -0.05) is 25.3 Å². The smallest absolute Gasteiger partial charge is 0.376 e.